The van der Waals surface area contributed by atoms with Gasteiger partial charge < -0.3 is 14.2 Å². The van der Waals surface area contributed by atoms with Crippen LogP contribution in [0.2, 0.25) is 0 Å². The van der Waals surface area contributed by atoms with Gasteiger partial charge in [-0.2, -0.15) is 0 Å². The zero-order valence-corrected chi connectivity index (χ0v) is 14.1. The quantitative estimate of drug-likeness (QED) is 0.594. The smallest absolute Gasteiger partial charge is 0.293 e. The fourth-order valence-corrected chi connectivity index (χ4v) is 3.13. The molecule has 1 rings (SSSR count). The van der Waals surface area contributed by atoms with E-state index in [2.05, 4.69) is 38.1 Å². The molecule has 0 aromatic heterocycles. The number of benzene rings is 1. The number of hydrogen-bond donors (Lipinski definition) is 0. The predicted octanol–water partition coefficient (Wildman–Crippen LogP) is 4.51. The minimum atomic E-state index is -1.03. The van der Waals surface area contributed by atoms with E-state index in [0.717, 1.165) is 12.8 Å². The monoisotopic (exact) mass is 294 g/mol. The van der Waals surface area contributed by atoms with Crippen LogP contribution in [0, 0.1) is 0 Å². The van der Waals surface area contributed by atoms with Crippen molar-refractivity contribution in [1.29, 1.82) is 0 Å². The molecule has 0 aliphatic rings. The van der Waals surface area contributed by atoms with Gasteiger partial charge in [0.25, 0.3) is 5.97 Å². The summed E-state index contributed by atoms with van der Waals surface area (Å²) in [5.41, 5.74) is 0.876. The molecule has 0 aliphatic carbocycles. The lowest BCUT2D eigenvalue weighted by Gasteiger charge is -2.48. The third-order valence-corrected chi connectivity index (χ3v) is 4.12. The molecule has 1 aromatic carbocycles. The molecule has 0 fully saturated rings. The van der Waals surface area contributed by atoms with Gasteiger partial charge in [0.2, 0.25) is 0 Å². The summed E-state index contributed by atoms with van der Waals surface area (Å²) >= 11 is 0. The van der Waals surface area contributed by atoms with Gasteiger partial charge in [-0.05, 0) is 39.2 Å². The summed E-state index contributed by atoms with van der Waals surface area (Å²) in [6.45, 7) is 11.9. The molecule has 0 N–H and O–H groups in total. The van der Waals surface area contributed by atoms with Crippen LogP contribution in [0.4, 0.5) is 0 Å². The van der Waals surface area contributed by atoms with Crippen LogP contribution in [-0.2, 0) is 19.6 Å². The molecule has 0 bridgehead atoms. The van der Waals surface area contributed by atoms with Gasteiger partial charge in [0, 0.05) is 19.8 Å². The first kappa shape index (κ1) is 18.1. The molecule has 0 saturated heterocycles. The van der Waals surface area contributed by atoms with Crippen LogP contribution in [0.15, 0.2) is 30.3 Å². The summed E-state index contributed by atoms with van der Waals surface area (Å²) in [4.78, 5) is 0. The highest BCUT2D eigenvalue weighted by Crippen LogP contribution is 2.45. The van der Waals surface area contributed by atoms with Crippen molar-refractivity contribution >= 4 is 0 Å². The van der Waals surface area contributed by atoms with Gasteiger partial charge in [0.05, 0.1) is 5.41 Å². The number of hydrogen-bond acceptors (Lipinski definition) is 3. The van der Waals surface area contributed by atoms with Crippen LogP contribution in [0.25, 0.3) is 0 Å². The molecule has 0 atom stereocenters. The van der Waals surface area contributed by atoms with Crippen molar-refractivity contribution < 1.29 is 14.2 Å². The minimum Gasteiger partial charge on any atom is -0.327 e. The van der Waals surface area contributed by atoms with Crippen molar-refractivity contribution in [3.63, 3.8) is 0 Å². The first-order chi connectivity index (χ1) is 10.2. The fraction of sp³-hybridized carbons (Fsp3) is 0.667. The van der Waals surface area contributed by atoms with Crippen molar-refractivity contribution in [3.8, 4) is 0 Å². The lowest BCUT2D eigenvalue weighted by atomic mass is 9.73. The lowest BCUT2D eigenvalue weighted by molar-refractivity contribution is -0.411. The van der Waals surface area contributed by atoms with E-state index in [0.29, 0.717) is 19.8 Å². The molecule has 0 heterocycles. The van der Waals surface area contributed by atoms with E-state index in [9.17, 15) is 0 Å². The predicted molar refractivity (Wildman–Crippen MR) is 86.3 cm³/mol. The van der Waals surface area contributed by atoms with Gasteiger partial charge in [-0.25, -0.2) is 0 Å². The molecule has 0 aliphatic heterocycles. The molecule has 1 aromatic rings. The summed E-state index contributed by atoms with van der Waals surface area (Å²) in [7, 11) is 0. The average molecular weight is 294 g/mol. The normalized spacial score (nSPS) is 12.6. The molecule has 0 unspecified atom stereocenters. The molecule has 3 heteroatoms. The van der Waals surface area contributed by atoms with E-state index in [-0.39, 0.29) is 5.41 Å². The van der Waals surface area contributed by atoms with E-state index in [4.69, 9.17) is 14.2 Å². The molecule has 3 nitrogen and oxygen atoms in total. The van der Waals surface area contributed by atoms with Crippen molar-refractivity contribution in [2.75, 3.05) is 19.8 Å². The Hall–Kier alpha value is -0.900. The van der Waals surface area contributed by atoms with E-state index in [1.165, 1.54) is 5.56 Å². The number of ether oxygens (including phenoxy) is 3. The maximum atomic E-state index is 6.07. The molecular formula is C18H30O3. The first-order valence-corrected chi connectivity index (χ1v) is 8.13. The molecule has 0 amide bonds. The van der Waals surface area contributed by atoms with E-state index < -0.39 is 5.97 Å². The molecule has 0 spiro atoms. The Morgan fingerprint density at radius 1 is 0.714 bits per heavy atom. The van der Waals surface area contributed by atoms with Crippen molar-refractivity contribution in [2.24, 2.45) is 0 Å². The standard InChI is InChI=1S/C18H30O3/c1-6-17(7-2,16-14-12-11-13-15-16)18(19-8-3,20-9-4)21-10-5/h11-15H,6-10H2,1-5H3. The summed E-state index contributed by atoms with van der Waals surface area (Å²) < 4.78 is 18.2. The van der Waals surface area contributed by atoms with Crippen molar-refractivity contribution in [3.05, 3.63) is 35.9 Å². The Bertz CT molecular complexity index is 368. The molecule has 0 saturated carbocycles. The van der Waals surface area contributed by atoms with Crippen LogP contribution in [-0.4, -0.2) is 25.8 Å². The van der Waals surface area contributed by atoms with Gasteiger partial charge in [-0.15, -0.1) is 0 Å². The minimum absolute atomic E-state index is 0.323. The molecule has 120 valence electrons. The highest BCUT2D eigenvalue weighted by Gasteiger charge is 2.54. The second-order valence-electron chi connectivity index (χ2n) is 5.01. The Balaban J connectivity index is 3.42. The van der Waals surface area contributed by atoms with Crippen LogP contribution in [0.5, 0.6) is 0 Å². The van der Waals surface area contributed by atoms with Gasteiger partial charge in [0.15, 0.2) is 0 Å². The largest absolute Gasteiger partial charge is 0.327 e. The van der Waals surface area contributed by atoms with Gasteiger partial charge in [-0.1, -0.05) is 44.2 Å². The van der Waals surface area contributed by atoms with Crippen LogP contribution >= 0.6 is 0 Å². The summed E-state index contributed by atoms with van der Waals surface area (Å²) in [6.07, 6.45) is 1.76. The second-order valence-corrected chi connectivity index (χ2v) is 5.01. The van der Waals surface area contributed by atoms with Crippen LogP contribution in [0.1, 0.15) is 53.0 Å². The summed E-state index contributed by atoms with van der Waals surface area (Å²) in [5.74, 6) is -1.03. The topological polar surface area (TPSA) is 27.7 Å². The highest BCUT2D eigenvalue weighted by atomic mass is 16.9. The van der Waals surface area contributed by atoms with Crippen LogP contribution in [0.3, 0.4) is 0 Å². The van der Waals surface area contributed by atoms with E-state index >= 15 is 0 Å². The van der Waals surface area contributed by atoms with E-state index in [1.807, 2.05) is 26.8 Å². The Kier molecular flexibility index (Phi) is 7.36. The maximum absolute atomic E-state index is 6.07. The molecule has 0 radical (unpaired) electrons. The summed E-state index contributed by atoms with van der Waals surface area (Å²) in [6, 6.07) is 10.4. The molecular weight excluding hydrogens is 264 g/mol. The third kappa shape index (κ3) is 3.47. The zero-order chi connectivity index (χ0) is 15.8. The average Bonchev–Trinajstić information content (AvgIpc) is 2.51. The SMILES string of the molecule is CCOC(OCC)(OCC)C(CC)(CC)c1ccccc1. The number of rotatable bonds is 10. The third-order valence-electron chi connectivity index (χ3n) is 4.12. The van der Waals surface area contributed by atoms with Crippen molar-refractivity contribution in [1.82, 2.24) is 0 Å². The fourth-order valence-electron chi connectivity index (χ4n) is 3.13. The maximum Gasteiger partial charge on any atom is 0.293 e. The summed E-state index contributed by atoms with van der Waals surface area (Å²) in [5, 5.41) is 0. The van der Waals surface area contributed by atoms with Gasteiger partial charge >= 0.3 is 0 Å². The van der Waals surface area contributed by atoms with E-state index in [1.54, 1.807) is 0 Å². The van der Waals surface area contributed by atoms with Crippen molar-refractivity contribution in [2.45, 2.75) is 58.8 Å². The Morgan fingerprint density at radius 3 is 1.48 bits per heavy atom. The highest BCUT2D eigenvalue weighted by molar-refractivity contribution is 5.27. The lowest BCUT2D eigenvalue weighted by Crippen LogP contribution is -2.57. The first-order valence-electron chi connectivity index (χ1n) is 8.13. The Morgan fingerprint density at radius 2 is 1.14 bits per heavy atom. The van der Waals surface area contributed by atoms with Gasteiger partial charge in [0.1, 0.15) is 0 Å². The van der Waals surface area contributed by atoms with Gasteiger partial charge in [-0.3, -0.25) is 0 Å². The molecule has 21 heavy (non-hydrogen) atoms. The Labute approximate surface area is 129 Å². The van der Waals surface area contributed by atoms with Crippen LogP contribution < -0.4 is 0 Å². The second kappa shape index (κ2) is 8.52. The zero-order valence-electron chi connectivity index (χ0n) is 14.1.